The molecule has 4 heteroatoms. The first-order chi connectivity index (χ1) is 5.72. The Hall–Kier alpha value is -0.740. The quantitative estimate of drug-likeness (QED) is 0.369. The van der Waals surface area contributed by atoms with Gasteiger partial charge < -0.3 is 16.9 Å². The molecule has 0 aliphatic rings. The summed E-state index contributed by atoms with van der Waals surface area (Å²) in [6.45, 7) is 0.637. The number of carbonyl (C=O) groups excluding carboxylic acids is 1. The Labute approximate surface area is 72.8 Å². The Morgan fingerprint density at radius 2 is 2.17 bits per heavy atom. The normalized spacial score (nSPS) is 12.5. The Kier molecular flexibility index (Phi) is 6.51. The minimum absolute atomic E-state index is 0.0315. The van der Waals surface area contributed by atoms with Crippen molar-refractivity contribution in [2.75, 3.05) is 6.54 Å². The minimum atomic E-state index is -0.436. The molecule has 0 saturated carbocycles. The summed E-state index contributed by atoms with van der Waals surface area (Å²) in [5.41, 5.74) is 10.8. The number of carbonyl (C=O) groups is 1. The molecule has 0 amide bonds. The highest BCUT2D eigenvalue weighted by atomic mass is 16.1. The number of hydrogen-bond acceptors (Lipinski definition) is 4. The van der Waals surface area contributed by atoms with E-state index in [1.807, 2.05) is 6.21 Å². The van der Waals surface area contributed by atoms with Crippen LogP contribution in [0, 0.1) is 5.41 Å². The van der Waals surface area contributed by atoms with Crippen molar-refractivity contribution in [2.45, 2.75) is 31.7 Å². The van der Waals surface area contributed by atoms with E-state index in [1.165, 1.54) is 0 Å². The zero-order valence-corrected chi connectivity index (χ0v) is 7.18. The topological polar surface area (TPSA) is 93.0 Å². The number of rotatable bonds is 7. The van der Waals surface area contributed by atoms with Gasteiger partial charge in [-0.15, -0.1) is 0 Å². The molecule has 5 N–H and O–H groups in total. The largest absolute Gasteiger partial charge is 0.330 e. The Morgan fingerprint density at radius 1 is 1.50 bits per heavy atom. The minimum Gasteiger partial charge on any atom is -0.330 e. The van der Waals surface area contributed by atoms with Crippen molar-refractivity contribution in [2.24, 2.45) is 11.5 Å². The molecule has 0 saturated heterocycles. The van der Waals surface area contributed by atoms with Crippen LogP contribution in [0.25, 0.3) is 0 Å². The van der Waals surface area contributed by atoms with Crippen LogP contribution in [-0.2, 0) is 4.79 Å². The molecule has 12 heavy (non-hydrogen) atoms. The highest BCUT2D eigenvalue weighted by Gasteiger charge is 2.10. The van der Waals surface area contributed by atoms with Gasteiger partial charge in [-0.25, -0.2) is 0 Å². The third kappa shape index (κ3) is 4.98. The van der Waals surface area contributed by atoms with Crippen LogP contribution in [0.1, 0.15) is 25.7 Å². The molecule has 0 rings (SSSR count). The second kappa shape index (κ2) is 6.94. The van der Waals surface area contributed by atoms with Crippen LogP contribution < -0.4 is 11.5 Å². The van der Waals surface area contributed by atoms with Crippen LogP contribution >= 0.6 is 0 Å². The van der Waals surface area contributed by atoms with Gasteiger partial charge in [-0.3, -0.25) is 4.79 Å². The molecule has 0 bridgehead atoms. The van der Waals surface area contributed by atoms with Crippen molar-refractivity contribution in [1.29, 1.82) is 5.41 Å². The summed E-state index contributed by atoms with van der Waals surface area (Å²) >= 11 is 0. The zero-order valence-electron chi connectivity index (χ0n) is 7.18. The van der Waals surface area contributed by atoms with E-state index in [0.29, 0.717) is 13.0 Å². The smallest absolute Gasteiger partial charge is 0.155 e. The molecule has 0 aliphatic heterocycles. The maximum atomic E-state index is 11.0. The van der Waals surface area contributed by atoms with Crippen molar-refractivity contribution >= 4 is 12.0 Å². The van der Waals surface area contributed by atoms with Gasteiger partial charge in [0.2, 0.25) is 0 Å². The molecule has 0 aliphatic carbocycles. The molecular formula is C8H16N3O. The number of hydrogen-bond donors (Lipinski definition) is 3. The van der Waals surface area contributed by atoms with E-state index in [2.05, 4.69) is 0 Å². The SMILES string of the molecule is N=[C]CC(=O)[C@@H](N)CCCCN. The molecule has 0 aromatic carbocycles. The predicted octanol–water partition coefficient (Wildman–Crippen LogP) is -0.0715. The molecule has 69 valence electrons. The second-order valence-corrected chi connectivity index (χ2v) is 2.71. The lowest BCUT2D eigenvalue weighted by Crippen LogP contribution is -2.30. The molecular weight excluding hydrogens is 154 g/mol. The van der Waals surface area contributed by atoms with Gasteiger partial charge in [-0.05, 0) is 19.4 Å². The van der Waals surface area contributed by atoms with E-state index < -0.39 is 6.04 Å². The molecule has 0 aromatic heterocycles. The molecule has 1 radical (unpaired) electrons. The first kappa shape index (κ1) is 11.3. The van der Waals surface area contributed by atoms with Crippen LogP contribution in [0.4, 0.5) is 0 Å². The Morgan fingerprint density at radius 3 is 2.67 bits per heavy atom. The van der Waals surface area contributed by atoms with E-state index in [1.54, 1.807) is 0 Å². The third-order valence-electron chi connectivity index (χ3n) is 1.65. The average Bonchev–Trinajstić information content (AvgIpc) is 2.05. The van der Waals surface area contributed by atoms with E-state index in [-0.39, 0.29) is 12.2 Å². The van der Waals surface area contributed by atoms with Gasteiger partial charge in [-0.2, -0.15) is 0 Å². The van der Waals surface area contributed by atoms with Gasteiger partial charge in [0.1, 0.15) is 0 Å². The summed E-state index contributed by atoms with van der Waals surface area (Å²) < 4.78 is 0. The molecule has 0 aromatic rings. The monoisotopic (exact) mass is 170 g/mol. The predicted molar refractivity (Wildman–Crippen MR) is 48.2 cm³/mol. The maximum Gasteiger partial charge on any atom is 0.155 e. The molecule has 0 fully saturated rings. The zero-order chi connectivity index (χ0) is 9.40. The lowest BCUT2D eigenvalue weighted by Gasteiger charge is -2.07. The summed E-state index contributed by atoms with van der Waals surface area (Å²) in [4.78, 5) is 11.0. The molecule has 0 spiro atoms. The van der Waals surface area contributed by atoms with Crippen molar-refractivity contribution in [1.82, 2.24) is 0 Å². The van der Waals surface area contributed by atoms with Gasteiger partial charge in [0.15, 0.2) is 5.78 Å². The van der Waals surface area contributed by atoms with Crippen LogP contribution in [0.5, 0.6) is 0 Å². The first-order valence-electron chi connectivity index (χ1n) is 4.10. The van der Waals surface area contributed by atoms with E-state index >= 15 is 0 Å². The highest BCUT2D eigenvalue weighted by Crippen LogP contribution is 2.00. The standard InChI is InChI=1S/C8H16N3O/c9-5-2-1-3-7(11)8(12)4-6-10/h7,10H,1-5,9,11H2/t7-/m0/s1. The lowest BCUT2D eigenvalue weighted by atomic mass is 10.0. The second-order valence-electron chi connectivity index (χ2n) is 2.71. The van der Waals surface area contributed by atoms with E-state index in [4.69, 9.17) is 16.9 Å². The highest BCUT2D eigenvalue weighted by molar-refractivity contribution is 5.93. The molecule has 1 atom stereocenters. The van der Waals surface area contributed by atoms with Crippen LogP contribution in [0.2, 0.25) is 0 Å². The van der Waals surface area contributed by atoms with Crippen molar-refractivity contribution in [3.63, 3.8) is 0 Å². The van der Waals surface area contributed by atoms with Crippen LogP contribution in [-0.4, -0.2) is 24.6 Å². The average molecular weight is 170 g/mol. The van der Waals surface area contributed by atoms with Gasteiger partial charge in [0.25, 0.3) is 0 Å². The molecule has 4 nitrogen and oxygen atoms in total. The summed E-state index contributed by atoms with van der Waals surface area (Å²) in [6, 6.07) is -0.436. The number of ketones is 1. The van der Waals surface area contributed by atoms with Gasteiger partial charge >= 0.3 is 0 Å². The molecule has 0 heterocycles. The summed E-state index contributed by atoms with van der Waals surface area (Å²) in [5, 5.41) is 6.59. The number of nitrogens with two attached hydrogens (primary N) is 2. The van der Waals surface area contributed by atoms with Gasteiger partial charge in [0, 0.05) is 0 Å². The Balaban J connectivity index is 3.49. The van der Waals surface area contributed by atoms with Gasteiger partial charge in [0.05, 0.1) is 18.7 Å². The Bertz CT molecular complexity index is 147. The number of Topliss-reactive ketones (excluding diaryl/α,β-unsaturated/α-hetero) is 1. The van der Waals surface area contributed by atoms with Gasteiger partial charge in [-0.1, -0.05) is 6.42 Å². The van der Waals surface area contributed by atoms with Crippen molar-refractivity contribution < 1.29 is 4.79 Å². The summed E-state index contributed by atoms with van der Waals surface area (Å²) in [5.74, 6) is -0.109. The first-order valence-corrected chi connectivity index (χ1v) is 4.10. The third-order valence-corrected chi connectivity index (χ3v) is 1.65. The summed E-state index contributed by atoms with van der Waals surface area (Å²) in [7, 11) is 0. The number of nitrogens with one attached hydrogen (secondary N) is 1. The number of unbranched alkanes of at least 4 members (excludes halogenated alkanes) is 1. The van der Waals surface area contributed by atoms with Crippen LogP contribution in [0.3, 0.4) is 0 Å². The fourth-order valence-corrected chi connectivity index (χ4v) is 0.888. The fourth-order valence-electron chi connectivity index (χ4n) is 0.888. The lowest BCUT2D eigenvalue weighted by molar-refractivity contribution is -0.119. The fraction of sp³-hybridized carbons (Fsp3) is 0.750. The van der Waals surface area contributed by atoms with Crippen molar-refractivity contribution in [3.8, 4) is 0 Å². The maximum absolute atomic E-state index is 11.0. The summed E-state index contributed by atoms with van der Waals surface area (Å²) in [6.07, 6.45) is 4.50. The van der Waals surface area contributed by atoms with Crippen molar-refractivity contribution in [3.05, 3.63) is 0 Å². The molecule has 0 unspecified atom stereocenters. The van der Waals surface area contributed by atoms with Crippen LogP contribution in [0.15, 0.2) is 0 Å². The van der Waals surface area contributed by atoms with E-state index in [0.717, 1.165) is 12.8 Å². The van der Waals surface area contributed by atoms with E-state index in [9.17, 15) is 4.79 Å².